The molecule has 0 aliphatic carbocycles. The molecular formula is C25H23F3N2O. The van der Waals surface area contributed by atoms with E-state index in [2.05, 4.69) is 5.32 Å². The van der Waals surface area contributed by atoms with E-state index in [-0.39, 0.29) is 11.9 Å². The lowest BCUT2D eigenvalue weighted by molar-refractivity contribution is -0.137. The first kappa shape index (κ1) is 21.0. The number of aryl methyl sites for hydroxylation is 1. The molecule has 1 aliphatic heterocycles. The van der Waals surface area contributed by atoms with Crippen LogP contribution in [-0.2, 0) is 12.6 Å². The van der Waals surface area contributed by atoms with Gasteiger partial charge in [-0.25, -0.2) is 0 Å². The third-order valence-electron chi connectivity index (χ3n) is 5.66. The normalized spacial score (nSPS) is 16.8. The van der Waals surface area contributed by atoms with Crippen LogP contribution in [0.1, 0.15) is 46.6 Å². The van der Waals surface area contributed by atoms with E-state index in [1.807, 2.05) is 49.4 Å². The number of carbonyl (C=O) groups is 1. The summed E-state index contributed by atoms with van der Waals surface area (Å²) in [5.41, 5.74) is 2.14. The molecule has 31 heavy (non-hydrogen) atoms. The van der Waals surface area contributed by atoms with Crippen molar-refractivity contribution in [1.29, 1.82) is 0 Å². The Hall–Kier alpha value is -3.28. The fourth-order valence-corrected chi connectivity index (χ4v) is 4.04. The summed E-state index contributed by atoms with van der Waals surface area (Å²) in [6, 6.07) is 22.3. The van der Waals surface area contributed by atoms with Gasteiger partial charge in [0.05, 0.1) is 5.56 Å². The molecule has 0 saturated heterocycles. The van der Waals surface area contributed by atoms with Gasteiger partial charge in [-0.2, -0.15) is 13.2 Å². The van der Waals surface area contributed by atoms with Crippen molar-refractivity contribution in [1.82, 2.24) is 4.90 Å². The predicted octanol–water partition coefficient (Wildman–Crippen LogP) is 6.29. The van der Waals surface area contributed by atoms with Crippen molar-refractivity contribution < 1.29 is 18.0 Å². The molecule has 2 atom stereocenters. The highest BCUT2D eigenvalue weighted by Gasteiger charge is 2.39. The number of hydrogen-bond donors (Lipinski definition) is 1. The van der Waals surface area contributed by atoms with Crippen LogP contribution in [0.25, 0.3) is 0 Å². The Morgan fingerprint density at radius 1 is 0.968 bits per heavy atom. The van der Waals surface area contributed by atoms with Crippen molar-refractivity contribution in [2.45, 2.75) is 38.1 Å². The lowest BCUT2D eigenvalue weighted by atomic mass is 10.0. The molecule has 0 radical (unpaired) electrons. The molecule has 0 spiro atoms. The fraction of sp³-hybridized carbons (Fsp3) is 0.240. The van der Waals surface area contributed by atoms with Crippen LogP contribution in [0.3, 0.4) is 0 Å². The van der Waals surface area contributed by atoms with E-state index < -0.39 is 17.9 Å². The lowest BCUT2D eigenvalue weighted by Gasteiger charge is -2.32. The Bertz CT molecular complexity index is 1070. The molecule has 0 aromatic heterocycles. The molecule has 0 bridgehead atoms. The van der Waals surface area contributed by atoms with Crippen LogP contribution in [0.5, 0.6) is 0 Å². The SMILES string of the molecule is C[C@H](CCc1ccccc1)N1C(=O)c2ccccc2[C@H]1Nc1cccc(C(F)(F)F)c1. The Balaban J connectivity index is 1.60. The number of nitrogens with zero attached hydrogens (tertiary/aromatic N) is 1. The van der Waals surface area contributed by atoms with Crippen molar-refractivity contribution in [2.75, 3.05) is 5.32 Å². The van der Waals surface area contributed by atoms with Crippen molar-refractivity contribution in [3.63, 3.8) is 0 Å². The Labute approximate surface area is 179 Å². The summed E-state index contributed by atoms with van der Waals surface area (Å²) in [4.78, 5) is 14.9. The summed E-state index contributed by atoms with van der Waals surface area (Å²) < 4.78 is 39.5. The topological polar surface area (TPSA) is 32.3 Å². The maximum absolute atomic E-state index is 13.2. The second-order valence-electron chi connectivity index (χ2n) is 7.80. The number of amides is 1. The fourth-order valence-electron chi connectivity index (χ4n) is 4.04. The second kappa shape index (κ2) is 8.46. The molecule has 0 fully saturated rings. The molecule has 1 heterocycles. The molecule has 4 rings (SSSR count). The molecule has 3 aromatic rings. The molecule has 0 unspecified atom stereocenters. The minimum Gasteiger partial charge on any atom is -0.361 e. The average molecular weight is 424 g/mol. The minimum absolute atomic E-state index is 0.108. The van der Waals surface area contributed by atoms with Gasteiger partial charge in [-0.05, 0) is 49.6 Å². The van der Waals surface area contributed by atoms with Crippen LogP contribution >= 0.6 is 0 Å². The van der Waals surface area contributed by atoms with E-state index in [0.29, 0.717) is 11.3 Å². The number of alkyl halides is 3. The van der Waals surface area contributed by atoms with E-state index in [1.165, 1.54) is 11.6 Å². The maximum Gasteiger partial charge on any atom is 0.416 e. The summed E-state index contributed by atoms with van der Waals surface area (Å²) in [6.45, 7) is 1.98. The van der Waals surface area contributed by atoms with Gasteiger partial charge in [0.25, 0.3) is 5.91 Å². The number of benzene rings is 3. The van der Waals surface area contributed by atoms with Crippen LogP contribution in [-0.4, -0.2) is 16.8 Å². The van der Waals surface area contributed by atoms with Crippen molar-refractivity contribution in [2.24, 2.45) is 0 Å². The van der Waals surface area contributed by atoms with E-state index in [9.17, 15) is 18.0 Å². The zero-order valence-electron chi connectivity index (χ0n) is 17.1. The quantitative estimate of drug-likeness (QED) is 0.504. The molecule has 0 saturated carbocycles. The molecule has 3 aromatic carbocycles. The van der Waals surface area contributed by atoms with Gasteiger partial charge < -0.3 is 10.2 Å². The van der Waals surface area contributed by atoms with Crippen molar-refractivity contribution in [3.8, 4) is 0 Å². The third-order valence-corrected chi connectivity index (χ3v) is 5.66. The van der Waals surface area contributed by atoms with Gasteiger partial charge in [0, 0.05) is 22.9 Å². The Morgan fingerprint density at radius 3 is 2.42 bits per heavy atom. The number of anilines is 1. The molecule has 1 aliphatic rings. The standard InChI is InChI=1S/C25H23F3N2O/c1-17(14-15-18-8-3-2-4-9-18)30-23(21-12-5-6-13-22(21)24(30)31)29-20-11-7-10-19(16-20)25(26,27)28/h2-13,16-17,23,29H,14-15H2,1H3/t17-,23+/m1/s1. The Morgan fingerprint density at radius 2 is 1.68 bits per heavy atom. The summed E-state index contributed by atoms with van der Waals surface area (Å²) in [5.74, 6) is -0.111. The number of carbonyl (C=O) groups excluding carboxylic acids is 1. The van der Waals surface area contributed by atoms with Crippen LogP contribution < -0.4 is 5.32 Å². The van der Waals surface area contributed by atoms with Crippen LogP contribution in [0.2, 0.25) is 0 Å². The van der Waals surface area contributed by atoms with Gasteiger partial charge in [0.15, 0.2) is 0 Å². The van der Waals surface area contributed by atoms with Crippen molar-refractivity contribution >= 4 is 11.6 Å². The number of nitrogens with one attached hydrogen (secondary N) is 1. The smallest absolute Gasteiger partial charge is 0.361 e. The predicted molar refractivity (Wildman–Crippen MR) is 115 cm³/mol. The van der Waals surface area contributed by atoms with Gasteiger partial charge in [-0.15, -0.1) is 0 Å². The molecule has 1 amide bonds. The first-order valence-electron chi connectivity index (χ1n) is 10.2. The zero-order chi connectivity index (χ0) is 22.0. The van der Waals surface area contributed by atoms with Gasteiger partial charge in [-0.3, -0.25) is 4.79 Å². The highest BCUT2D eigenvalue weighted by Crippen LogP contribution is 2.38. The van der Waals surface area contributed by atoms with Gasteiger partial charge in [-0.1, -0.05) is 54.6 Å². The van der Waals surface area contributed by atoms with Crippen molar-refractivity contribution in [3.05, 3.63) is 101 Å². The molecule has 6 heteroatoms. The number of rotatable bonds is 6. The highest BCUT2D eigenvalue weighted by molar-refractivity contribution is 5.99. The van der Waals surface area contributed by atoms with Gasteiger partial charge in [0.2, 0.25) is 0 Å². The zero-order valence-corrected chi connectivity index (χ0v) is 17.1. The van der Waals surface area contributed by atoms with E-state index >= 15 is 0 Å². The molecular weight excluding hydrogens is 401 g/mol. The maximum atomic E-state index is 13.2. The van der Waals surface area contributed by atoms with E-state index in [1.54, 1.807) is 23.1 Å². The Kier molecular flexibility index (Phi) is 5.72. The second-order valence-corrected chi connectivity index (χ2v) is 7.80. The van der Waals surface area contributed by atoms with Crippen LogP contribution in [0.4, 0.5) is 18.9 Å². The summed E-state index contributed by atoms with van der Waals surface area (Å²) >= 11 is 0. The largest absolute Gasteiger partial charge is 0.416 e. The number of hydrogen-bond acceptors (Lipinski definition) is 2. The first-order chi connectivity index (χ1) is 14.8. The lowest BCUT2D eigenvalue weighted by Crippen LogP contribution is -2.39. The molecule has 160 valence electrons. The number of halogens is 3. The summed E-state index contributed by atoms with van der Waals surface area (Å²) in [6.07, 6.45) is -3.41. The third kappa shape index (κ3) is 4.43. The van der Waals surface area contributed by atoms with Crippen LogP contribution in [0, 0.1) is 0 Å². The molecule has 1 N–H and O–H groups in total. The first-order valence-corrected chi connectivity index (χ1v) is 10.2. The summed E-state index contributed by atoms with van der Waals surface area (Å²) in [7, 11) is 0. The minimum atomic E-state index is -4.43. The molecule has 3 nitrogen and oxygen atoms in total. The van der Waals surface area contributed by atoms with E-state index in [4.69, 9.17) is 0 Å². The summed E-state index contributed by atoms with van der Waals surface area (Å²) in [5, 5.41) is 3.17. The monoisotopic (exact) mass is 424 g/mol. The van der Waals surface area contributed by atoms with E-state index in [0.717, 1.165) is 30.5 Å². The number of fused-ring (bicyclic) bond motifs is 1. The van der Waals surface area contributed by atoms with Gasteiger partial charge in [0.1, 0.15) is 6.17 Å². The van der Waals surface area contributed by atoms with Gasteiger partial charge >= 0.3 is 6.18 Å². The highest BCUT2D eigenvalue weighted by atomic mass is 19.4. The van der Waals surface area contributed by atoms with Crippen LogP contribution in [0.15, 0.2) is 78.9 Å². The average Bonchev–Trinajstić information content (AvgIpc) is 3.04.